The van der Waals surface area contributed by atoms with Gasteiger partial charge in [-0.05, 0) is 0 Å². The molecule has 0 amide bonds. The van der Waals surface area contributed by atoms with Crippen molar-refractivity contribution in [1.29, 1.82) is 0 Å². The van der Waals surface area contributed by atoms with Gasteiger partial charge < -0.3 is 5.89 Å². The van der Waals surface area contributed by atoms with Crippen molar-refractivity contribution in [3.05, 3.63) is 0 Å². The largest absolute Gasteiger partial charge is 1.00 e. The third-order valence-electron chi connectivity index (χ3n) is 0. The van der Waals surface area contributed by atoms with E-state index in [1.54, 1.807) is 0 Å². The second kappa shape index (κ2) is 24.0. The second-order valence-corrected chi connectivity index (χ2v) is 0. The summed E-state index contributed by atoms with van der Waals surface area (Å²) in [5.41, 5.74) is 0. The molecule has 0 aliphatic heterocycles. The summed E-state index contributed by atoms with van der Waals surface area (Å²) >= 11 is 0. The van der Waals surface area contributed by atoms with Gasteiger partial charge in [-0.1, -0.05) is 0 Å². The molecule has 0 N–H and O–H groups in total. The predicted molar refractivity (Wildman–Crippen MR) is 10.3 cm³/mol. The fourth-order valence-electron chi connectivity index (χ4n) is 0. The third-order valence-corrected chi connectivity index (χ3v) is 0. The molecule has 0 fully saturated rings. The van der Waals surface area contributed by atoms with Crippen LogP contribution in [0.1, 0.15) is 1.43 Å². The van der Waals surface area contributed by atoms with Crippen molar-refractivity contribution < 1.29 is 52.0 Å². The van der Waals surface area contributed by atoms with Crippen molar-refractivity contribution in [2.75, 3.05) is 0 Å². The normalized spacial score (nSPS) is 1.00. The Labute approximate surface area is 61.8 Å². The molecular weight excluding hydrogens is 163 g/mol. The summed E-state index contributed by atoms with van der Waals surface area (Å²) in [7, 11) is 0.611. The molecule has 0 aromatic heterocycles. The van der Waals surface area contributed by atoms with Crippen LogP contribution in [0.2, 0.25) is 0 Å². The quantitative estimate of drug-likeness (QED) is 0.336. The third kappa shape index (κ3) is 9.64. The maximum Gasteiger partial charge on any atom is 1.00 e. The van der Waals surface area contributed by atoms with Gasteiger partial charge in [0, 0.05) is 27.3 Å². The van der Waals surface area contributed by atoms with Crippen LogP contribution in [0.4, 0.5) is 0 Å². The van der Waals surface area contributed by atoms with Crippen LogP contribution in [0.5, 0.6) is 0 Å². The molecule has 0 saturated carbocycles. The molecule has 16 valence electrons. The Bertz CT molecular complexity index is 11.6. The van der Waals surface area contributed by atoms with Gasteiger partial charge in [0.2, 0.25) is 10.1 Å². The first-order valence-corrected chi connectivity index (χ1v) is 0.866. The molecule has 0 aliphatic carbocycles. The molecule has 1 nitrogen and oxygen atoms in total. The molecule has 0 rings (SSSR count). The zero-order valence-corrected chi connectivity index (χ0v) is 8.27. The smallest absolute Gasteiger partial charge is 1.00 e. The van der Waals surface area contributed by atoms with Gasteiger partial charge in [0.15, 0.2) is 0 Å². The first kappa shape index (κ1) is 17.7. The van der Waals surface area contributed by atoms with Gasteiger partial charge in [0.05, 0.1) is 0 Å². The van der Waals surface area contributed by atoms with Crippen LogP contribution in [0, 0.1) is 0 Å². The van der Waals surface area contributed by atoms with Crippen LogP contribution >= 0.6 is 0 Å². The standard InChI is InChI=1S/Cd.Li.H2OSi.H/c;;1-2;/h;;2H2;/q;+1;;-1. The number of hydrogen-bond donors (Lipinski definition) is 0. The van der Waals surface area contributed by atoms with Crippen molar-refractivity contribution in [2.24, 2.45) is 0 Å². The van der Waals surface area contributed by atoms with E-state index in [4.69, 9.17) is 4.46 Å². The molecule has 0 radical (unpaired) electrons. The van der Waals surface area contributed by atoms with E-state index in [-0.39, 0.29) is 47.6 Å². The Kier molecular flexibility index (Phi) is 106. The fourth-order valence-corrected chi connectivity index (χ4v) is 0. The van der Waals surface area contributed by atoms with Crippen LogP contribution in [0.25, 0.3) is 0 Å². The molecule has 0 spiro atoms. The van der Waals surface area contributed by atoms with Crippen LogP contribution < -0.4 is 18.9 Å². The molecule has 0 saturated heterocycles. The second-order valence-electron chi connectivity index (χ2n) is 0. The minimum absolute atomic E-state index is 0. The molecule has 4 heteroatoms. The van der Waals surface area contributed by atoms with E-state index >= 15 is 0 Å². The molecule has 0 atom stereocenters. The van der Waals surface area contributed by atoms with E-state index in [9.17, 15) is 0 Å². The Morgan fingerprint density at radius 2 is 1.50 bits per heavy atom. The van der Waals surface area contributed by atoms with E-state index < -0.39 is 0 Å². The molecule has 0 aliphatic rings. The minimum Gasteiger partial charge on any atom is -1.00 e. The van der Waals surface area contributed by atoms with E-state index in [0.717, 1.165) is 0 Å². The van der Waals surface area contributed by atoms with Gasteiger partial charge in [-0.25, -0.2) is 0 Å². The van der Waals surface area contributed by atoms with Crippen molar-refractivity contribution in [3.63, 3.8) is 0 Å². The average molecular weight is 166 g/mol. The minimum atomic E-state index is 0. The van der Waals surface area contributed by atoms with Gasteiger partial charge in [0.1, 0.15) is 0 Å². The molecule has 0 aromatic carbocycles. The van der Waals surface area contributed by atoms with Crippen LogP contribution in [-0.2, 0) is 31.8 Å². The Morgan fingerprint density at radius 3 is 1.50 bits per heavy atom. The molecule has 0 heterocycles. The van der Waals surface area contributed by atoms with Gasteiger partial charge in [-0.15, -0.1) is 0 Å². The molecule has 0 unspecified atom stereocenters. The van der Waals surface area contributed by atoms with Crippen LogP contribution in [-0.4, -0.2) is 10.1 Å². The van der Waals surface area contributed by atoms with Crippen molar-refractivity contribution in [1.82, 2.24) is 0 Å². The summed E-state index contributed by atoms with van der Waals surface area (Å²) in [5, 5.41) is 0. The van der Waals surface area contributed by atoms with Crippen LogP contribution in [0.3, 0.4) is 0 Å². The fraction of sp³-hybridized carbons (Fsp3) is 0. The van der Waals surface area contributed by atoms with Crippen molar-refractivity contribution in [3.8, 4) is 0 Å². The summed E-state index contributed by atoms with van der Waals surface area (Å²) in [5.74, 6) is 0. The maximum atomic E-state index is 8.28. The first-order valence-electron chi connectivity index (χ1n) is 0.289. The van der Waals surface area contributed by atoms with E-state index in [0.29, 0.717) is 10.1 Å². The van der Waals surface area contributed by atoms with E-state index in [2.05, 4.69) is 0 Å². The number of rotatable bonds is 0. The average Bonchev–Trinajstić information content (AvgIpc) is 1.00. The zero-order valence-electron chi connectivity index (χ0n) is 3.82. The molecule has 4 heavy (non-hydrogen) atoms. The SMILES string of the molecule is O=[SiH2].[Cd].[H-].[Li+]. The van der Waals surface area contributed by atoms with Crippen LogP contribution in [0.15, 0.2) is 0 Å². The summed E-state index contributed by atoms with van der Waals surface area (Å²) in [6.45, 7) is 0. The predicted octanol–water partition coefficient (Wildman–Crippen LogP) is -3.92. The topological polar surface area (TPSA) is 17.1 Å². The zero-order chi connectivity index (χ0) is 2.00. The first-order chi connectivity index (χ1) is 1.00. The van der Waals surface area contributed by atoms with E-state index in [1.165, 1.54) is 0 Å². The van der Waals surface area contributed by atoms with E-state index in [1.807, 2.05) is 0 Å². The Hall–Kier alpha value is 1.54. The molecular formula is H3CdLiOSi. The Morgan fingerprint density at radius 1 is 1.50 bits per heavy atom. The molecule has 0 aromatic rings. The monoisotopic (exact) mass is 168 g/mol. The van der Waals surface area contributed by atoms with Gasteiger partial charge in [-0.2, -0.15) is 0 Å². The maximum absolute atomic E-state index is 8.28. The van der Waals surface area contributed by atoms with Gasteiger partial charge >= 0.3 is 18.9 Å². The van der Waals surface area contributed by atoms with Crippen molar-refractivity contribution >= 4 is 10.1 Å². The molecule has 0 bridgehead atoms. The van der Waals surface area contributed by atoms with Gasteiger partial charge in [0.25, 0.3) is 0 Å². The van der Waals surface area contributed by atoms with Crippen molar-refractivity contribution in [2.45, 2.75) is 0 Å². The summed E-state index contributed by atoms with van der Waals surface area (Å²) in [6, 6.07) is 0. The number of hydrogen-bond acceptors (Lipinski definition) is 1. The Balaban J connectivity index is -0.00000000167. The van der Waals surface area contributed by atoms with Gasteiger partial charge in [-0.3, -0.25) is 0 Å². The summed E-state index contributed by atoms with van der Waals surface area (Å²) < 4.78 is 8.28. The summed E-state index contributed by atoms with van der Waals surface area (Å²) in [6.07, 6.45) is 0. The summed E-state index contributed by atoms with van der Waals surface area (Å²) in [4.78, 5) is 0.